The topological polar surface area (TPSA) is 75.0 Å². The van der Waals surface area contributed by atoms with Crippen molar-refractivity contribution in [2.24, 2.45) is 17.3 Å². The molecule has 3 rings (SSSR count). The number of aryl methyl sites for hydroxylation is 2. The quantitative estimate of drug-likeness (QED) is 0.237. The number of anilines is 1. The molecule has 0 amide bonds. The molecule has 0 fully saturated rings. The molecule has 0 bridgehead atoms. The Kier molecular flexibility index (Phi) is 6.10. The summed E-state index contributed by atoms with van der Waals surface area (Å²) in [4.78, 5) is 12.8. The van der Waals surface area contributed by atoms with Crippen molar-refractivity contribution in [3.05, 3.63) is 76.0 Å². The Balaban J connectivity index is 1.79. The van der Waals surface area contributed by atoms with Crippen LogP contribution in [0, 0.1) is 17.0 Å². The predicted molar refractivity (Wildman–Crippen MR) is 111 cm³/mol. The number of hydrogen-bond donors (Lipinski definition) is 0. The van der Waals surface area contributed by atoms with Gasteiger partial charge in [-0.15, -0.1) is 0 Å². The Hall–Kier alpha value is -3.13. The van der Waals surface area contributed by atoms with E-state index >= 15 is 0 Å². The van der Waals surface area contributed by atoms with Crippen molar-refractivity contribution in [1.82, 2.24) is 0 Å². The van der Waals surface area contributed by atoms with Crippen molar-refractivity contribution >= 4 is 32.8 Å². The van der Waals surface area contributed by atoms with Crippen LogP contribution in [0.5, 0.6) is 0 Å². The molecule has 0 atom stereocenters. The first-order valence-corrected chi connectivity index (χ1v) is 9.74. The van der Waals surface area contributed by atoms with Crippen LogP contribution >= 0.6 is 11.3 Å². The van der Waals surface area contributed by atoms with Crippen LogP contribution in [0.1, 0.15) is 18.1 Å². The van der Waals surface area contributed by atoms with Crippen LogP contribution in [0.15, 0.2) is 65.0 Å². The number of rotatable bonds is 7. The van der Waals surface area contributed by atoms with Crippen molar-refractivity contribution in [3.63, 3.8) is 0 Å². The molecule has 0 aliphatic rings. The van der Waals surface area contributed by atoms with E-state index in [-0.39, 0.29) is 5.00 Å². The molecule has 144 valence electrons. The third-order valence-electron chi connectivity index (χ3n) is 4.37. The van der Waals surface area contributed by atoms with Gasteiger partial charge in [0.05, 0.1) is 17.1 Å². The van der Waals surface area contributed by atoms with E-state index in [0.717, 1.165) is 41.4 Å². The number of nitro groups is 1. The standard InChI is InChI=1S/C20H22N5O2S/c1-4-24(13-16-8-6-5-7-9-16)17-10-11-18(15(2)12-17)21-22-20-23(3)14-19(28-20)25(26)27/h5-12,14H,4,13H2,1-3H3/q+1. The molecule has 0 radical (unpaired) electrons. The lowest BCUT2D eigenvalue weighted by Crippen LogP contribution is -2.23. The Morgan fingerprint density at radius 1 is 1.18 bits per heavy atom. The van der Waals surface area contributed by atoms with Crippen LogP contribution in [0.2, 0.25) is 0 Å². The Morgan fingerprint density at radius 2 is 1.93 bits per heavy atom. The van der Waals surface area contributed by atoms with Gasteiger partial charge in [-0.05, 0) is 48.3 Å². The molecule has 0 N–H and O–H groups in total. The van der Waals surface area contributed by atoms with E-state index < -0.39 is 4.92 Å². The van der Waals surface area contributed by atoms with E-state index in [1.165, 1.54) is 11.8 Å². The molecular weight excluding hydrogens is 374 g/mol. The molecule has 8 heteroatoms. The van der Waals surface area contributed by atoms with Gasteiger partial charge in [0, 0.05) is 30.1 Å². The number of azo groups is 1. The molecule has 1 aromatic heterocycles. The first-order chi connectivity index (χ1) is 13.5. The van der Waals surface area contributed by atoms with Gasteiger partial charge in [0.2, 0.25) is 0 Å². The maximum atomic E-state index is 10.9. The second kappa shape index (κ2) is 8.71. The average Bonchev–Trinajstić information content (AvgIpc) is 3.07. The van der Waals surface area contributed by atoms with Gasteiger partial charge in [-0.1, -0.05) is 30.3 Å². The molecule has 3 aromatic rings. The zero-order valence-corrected chi connectivity index (χ0v) is 16.9. The Bertz CT molecular complexity index is 1000. The fourth-order valence-corrected chi connectivity index (χ4v) is 3.57. The molecule has 1 heterocycles. The zero-order chi connectivity index (χ0) is 20.1. The predicted octanol–water partition coefficient (Wildman–Crippen LogP) is 5.23. The lowest BCUT2D eigenvalue weighted by Gasteiger charge is -2.23. The minimum Gasteiger partial charge on any atom is -0.367 e. The number of aromatic nitrogens is 1. The molecule has 0 aliphatic heterocycles. The summed E-state index contributed by atoms with van der Waals surface area (Å²) >= 11 is 1.00. The number of hydrogen-bond acceptors (Lipinski definition) is 6. The van der Waals surface area contributed by atoms with Crippen LogP contribution in [-0.2, 0) is 13.6 Å². The molecule has 2 aromatic carbocycles. The summed E-state index contributed by atoms with van der Waals surface area (Å²) in [6.45, 7) is 5.86. The van der Waals surface area contributed by atoms with Gasteiger partial charge in [0.25, 0.3) is 0 Å². The van der Waals surface area contributed by atoms with Crippen molar-refractivity contribution in [3.8, 4) is 0 Å². The Morgan fingerprint density at radius 3 is 2.54 bits per heavy atom. The van der Waals surface area contributed by atoms with Crippen molar-refractivity contribution in [1.29, 1.82) is 0 Å². The van der Waals surface area contributed by atoms with Gasteiger partial charge in [0.1, 0.15) is 5.69 Å². The summed E-state index contributed by atoms with van der Waals surface area (Å²) in [6.07, 6.45) is 1.44. The lowest BCUT2D eigenvalue weighted by molar-refractivity contribution is -0.656. The van der Waals surface area contributed by atoms with Crippen LogP contribution in [0.25, 0.3) is 0 Å². The lowest BCUT2D eigenvalue weighted by atomic mass is 10.1. The molecule has 0 unspecified atom stereocenters. The highest BCUT2D eigenvalue weighted by Gasteiger charge is 2.21. The highest BCUT2D eigenvalue weighted by Crippen LogP contribution is 2.30. The van der Waals surface area contributed by atoms with E-state index in [0.29, 0.717) is 5.13 Å². The van der Waals surface area contributed by atoms with E-state index in [9.17, 15) is 10.1 Å². The SMILES string of the molecule is CCN(Cc1ccccc1)c1ccc(N=Nc2sc([N+](=O)[O-])c[n+]2C)c(C)c1. The van der Waals surface area contributed by atoms with Gasteiger partial charge >= 0.3 is 10.1 Å². The van der Waals surface area contributed by atoms with E-state index in [2.05, 4.69) is 40.3 Å². The molecule has 0 aliphatic carbocycles. The smallest absolute Gasteiger partial charge is 0.367 e. The summed E-state index contributed by atoms with van der Waals surface area (Å²) in [5.74, 6) is 0. The van der Waals surface area contributed by atoms with Crippen LogP contribution in [-0.4, -0.2) is 11.5 Å². The summed E-state index contributed by atoms with van der Waals surface area (Å²) in [7, 11) is 1.72. The first-order valence-electron chi connectivity index (χ1n) is 8.93. The third kappa shape index (κ3) is 4.58. The second-order valence-electron chi connectivity index (χ2n) is 6.39. The molecule has 0 saturated heterocycles. The highest BCUT2D eigenvalue weighted by atomic mass is 32.1. The van der Waals surface area contributed by atoms with Gasteiger partial charge in [-0.2, -0.15) is 0 Å². The zero-order valence-electron chi connectivity index (χ0n) is 16.1. The number of benzene rings is 2. The largest absolute Gasteiger partial charge is 0.414 e. The van der Waals surface area contributed by atoms with Crippen molar-refractivity contribution in [2.75, 3.05) is 11.4 Å². The molecular formula is C20H22N5O2S+. The number of thiazole rings is 1. The van der Waals surface area contributed by atoms with E-state index in [1.807, 2.05) is 37.3 Å². The second-order valence-corrected chi connectivity index (χ2v) is 7.38. The van der Waals surface area contributed by atoms with Gasteiger partial charge in [0.15, 0.2) is 6.20 Å². The van der Waals surface area contributed by atoms with Gasteiger partial charge in [-0.3, -0.25) is 10.1 Å². The summed E-state index contributed by atoms with van der Waals surface area (Å²) in [6, 6.07) is 16.4. The molecule has 28 heavy (non-hydrogen) atoms. The maximum Gasteiger partial charge on any atom is 0.414 e. The first kappa shape index (κ1) is 19.6. The Labute approximate surface area is 167 Å². The molecule has 7 nitrogen and oxygen atoms in total. The van der Waals surface area contributed by atoms with Crippen LogP contribution in [0.3, 0.4) is 0 Å². The third-order valence-corrected chi connectivity index (χ3v) is 5.38. The van der Waals surface area contributed by atoms with Crippen LogP contribution in [0.4, 0.5) is 21.5 Å². The summed E-state index contributed by atoms with van der Waals surface area (Å²) in [5.41, 5.74) is 4.13. The van der Waals surface area contributed by atoms with E-state index in [1.54, 1.807) is 11.6 Å². The van der Waals surface area contributed by atoms with Crippen molar-refractivity contribution < 1.29 is 9.49 Å². The van der Waals surface area contributed by atoms with Crippen molar-refractivity contribution in [2.45, 2.75) is 20.4 Å². The van der Waals surface area contributed by atoms with E-state index in [4.69, 9.17) is 0 Å². The molecule has 0 saturated carbocycles. The molecule has 0 spiro atoms. The summed E-state index contributed by atoms with van der Waals surface area (Å²) in [5, 5.41) is 19.9. The minimum absolute atomic E-state index is 0.0445. The minimum atomic E-state index is -0.421. The van der Waals surface area contributed by atoms with Gasteiger partial charge < -0.3 is 4.90 Å². The average molecular weight is 396 g/mol. The fraction of sp³-hybridized carbons (Fsp3) is 0.250. The van der Waals surface area contributed by atoms with Gasteiger partial charge in [-0.25, -0.2) is 4.57 Å². The maximum absolute atomic E-state index is 10.9. The normalized spacial score (nSPS) is 11.1. The monoisotopic (exact) mass is 396 g/mol. The highest BCUT2D eigenvalue weighted by molar-refractivity contribution is 7.17. The summed E-state index contributed by atoms with van der Waals surface area (Å²) < 4.78 is 1.61. The van der Waals surface area contributed by atoms with Crippen LogP contribution < -0.4 is 9.47 Å². The number of nitrogens with zero attached hydrogens (tertiary/aromatic N) is 5. The fourth-order valence-electron chi connectivity index (χ4n) is 2.82.